The van der Waals surface area contributed by atoms with Gasteiger partial charge in [0.15, 0.2) is 0 Å². The summed E-state index contributed by atoms with van der Waals surface area (Å²) in [6, 6.07) is 6.64. The second-order valence-electron chi connectivity index (χ2n) is 7.74. The smallest absolute Gasteiger partial charge is 0.271 e. The highest BCUT2D eigenvalue weighted by Crippen LogP contribution is 2.32. The normalized spacial score (nSPS) is 18.7. The minimum atomic E-state index is -3.65. The van der Waals surface area contributed by atoms with Crippen molar-refractivity contribution in [1.29, 1.82) is 0 Å². The van der Waals surface area contributed by atoms with Gasteiger partial charge in [-0.05, 0) is 44.2 Å². The van der Waals surface area contributed by atoms with Gasteiger partial charge in [0.25, 0.3) is 5.91 Å². The number of hydrogen-bond acceptors (Lipinski definition) is 6. The number of aromatic amines is 1. The molecule has 10 heteroatoms. The average molecular weight is 434 g/mol. The third-order valence-corrected chi connectivity index (χ3v) is 7.66. The molecule has 162 valence electrons. The highest BCUT2D eigenvalue weighted by atomic mass is 32.2. The van der Waals surface area contributed by atoms with Crippen LogP contribution < -0.4 is 4.74 Å². The Bertz CT molecular complexity index is 1020. The van der Waals surface area contributed by atoms with E-state index in [2.05, 4.69) is 15.1 Å². The van der Waals surface area contributed by atoms with Crippen molar-refractivity contribution in [1.82, 2.24) is 24.3 Å². The zero-order chi connectivity index (χ0) is 21.3. The quantitative estimate of drug-likeness (QED) is 0.762. The Labute approximate surface area is 176 Å². The van der Waals surface area contributed by atoms with Gasteiger partial charge < -0.3 is 14.5 Å². The zero-order valence-corrected chi connectivity index (χ0v) is 18.1. The molecule has 1 aromatic carbocycles. The Morgan fingerprint density at radius 3 is 2.43 bits per heavy atom. The molecule has 0 unspecified atom stereocenters. The number of aromatic nitrogens is 2. The van der Waals surface area contributed by atoms with E-state index in [1.807, 2.05) is 7.05 Å². The van der Waals surface area contributed by atoms with Gasteiger partial charge in [-0.25, -0.2) is 8.42 Å². The maximum absolute atomic E-state index is 13.1. The van der Waals surface area contributed by atoms with Gasteiger partial charge in [-0.1, -0.05) is 0 Å². The SMILES string of the molecule is COc1ccc(-c2cc(C(=O)N3CCN(C)CC3)[nH]n2)cc1S(=O)(=O)N1CCCC1. The Kier molecular flexibility index (Phi) is 5.81. The van der Waals surface area contributed by atoms with Gasteiger partial charge in [0, 0.05) is 44.8 Å². The molecule has 0 atom stereocenters. The third-order valence-electron chi connectivity index (χ3n) is 5.74. The Morgan fingerprint density at radius 1 is 1.07 bits per heavy atom. The fourth-order valence-electron chi connectivity index (χ4n) is 3.86. The van der Waals surface area contributed by atoms with Crippen molar-refractivity contribution in [3.63, 3.8) is 0 Å². The molecule has 0 saturated carbocycles. The van der Waals surface area contributed by atoms with Crippen molar-refractivity contribution >= 4 is 15.9 Å². The van der Waals surface area contributed by atoms with Crippen LogP contribution >= 0.6 is 0 Å². The van der Waals surface area contributed by atoms with Gasteiger partial charge in [0.05, 0.1) is 12.8 Å². The highest BCUT2D eigenvalue weighted by molar-refractivity contribution is 7.89. The maximum Gasteiger partial charge on any atom is 0.271 e. The number of rotatable bonds is 5. The first kappa shape index (κ1) is 20.8. The third kappa shape index (κ3) is 3.94. The molecule has 2 saturated heterocycles. The van der Waals surface area contributed by atoms with E-state index < -0.39 is 10.0 Å². The second-order valence-corrected chi connectivity index (χ2v) is 9.65. The van der Waals surface area contributed by atoms with Gasteiger partial charge in [0.2, 0.25) is 10.0 Å². The van der Waals surface area contributed by atoms with Crippen LogP contribution in [0.3, 0.4) is 0 Å². The van der Waals surface area contributed by atoms with Crippen molar-refractivity contribution in [3.8, 4) is 17.0 Å². The molecule has 2 fully saturated rings. The van der Waals surface area contributed by atoms with Gasteiger partial charge in [0.1, 0.15) is 16.3 Å². The summed E-state index contributed by atoms with van der Waals surface area (Å²) in [7, 11) is -0.160. The van der Waals surface area contributed by atoms with Crippen LogP contribution in [0, 0.1) is 0 Å². The summed E-state index contributed by atoms with van der Waals surface area (Å²) < 4.78 is 33.0. The molecule has 1 amide bonds. The van der Waals surface area contributed by atoms with E-state index >= 15 is 0 Å². The van der Waals surface area contributed by atoms with Gasteiger partial charge in [-0.3, -0.25) is 9.89 Å². The van der Waals surface area contributed by atoms with Crippen molar-refractivity contribution < 1.29 is 17.9 Å². The highest BCUT2D eigenvalue weighted by Gasteiger charge is 2.30. The molecule has 30 heavy (non-hydrogen) atoms. The molecule has 4 rings (SSSR count). The number of nitrogens with zero attached hydrogens (tertiary/aromatic N) is 4. The van der Waals surface area contributed by atoms with E-state index in [0.717, 1.165) is 25.9 Å². The van der Waals surface area contributed by atoms with Crippen molar-refractivity contribution in [2.45, 2.75) is 17.7 Å². The van der Waals surface area contributed by atoms with Crippen molar-refractivity contribution in [3.05, 3.63) is 30.0 Å². The van der Waals surface area contributed by atoms with Crippen LogP contribution in [-0.4, -0.2) is 92.1 Å². The standard InChI is InChI=1S/C20H27N5O4S/c1-23-9-11-24(12-10-23)20(26)17-14-16(21-22-17)15-5-6-18(29-2)19(13-15)30(27,28)25-7-3-4-8-25/h5-6,13-14H,3-4,7-12H2,1-2H3,(H,21,22). The molecule has 0 spiro atoms. The number of ether oxygens (including phenoxy) is 1. The van der Waals surface area contributed by atoms with Crippen LogP contribution in [0.4, 0.5) is 0 Å². The topological polar surface area (TPSA) is 98.8 Å². The number of sulfonamides is 1. The molecule has 2 aromatic rings. The van der Waals surface area contributed by atoms with Gasteiger partial charge in [-0.15, -0.1) is 0 Å². The molecule has 0 bridgehead atoms. The Hall–Kier alpha value is -2.43. The predicted octanol–water partition coefficient (Wildman–Crippen LogP) is 1.26. The van der Waals surface area contributed by atoms with Gasteiger partial charge >= 0.3 is 0 Å². The zero-order valence-electron chi connectivity index (χ0n) is 17.3. The van der Waals surface area contributed by atoms with Crippen LogP contribution in [0.2, 0.25) is 0 Å². The molecule has 2 aliphatic rings. The summed E-state index contributed by atoms with van der Waals surface area (Å²) in [6.07, 6.45) is 1.72. The first-order chi connectivity index (χ1) is 14.4. The molecular formula is C20H27N5O4S. The largest absolute Gasteiger partial charge is 0.495 e. The number of methoxy groups -OCH3 is 1. The first-order valence-electron chi connectivity index (χ1n) is 10.1. The maximum atomic E-state index is 13.1. The van der Waals surface area contributed by atoms with Crippen molar-refractivity contribution in [2.75, 3.05) is 53.4 Å². The molecular weight excluding hydrogens is 406 g/mol. The summed E-state index contributed by atoms with van der Waals surface area (Å²) in [5.41, 5.74) is 1.53. The van der Waals surface area contributed by atoms with Crippen LogP contribution in [0.15, 0.2) is 29.2 Å². The number of H-pyrrole nitrogens is 1. The summed E-state index contributed by atoms with van der Waals surface area (Å²) in [5.74, 6) is 0.204. The van der Waals surface area contributed by atoms with E-state index in [1.54, 1.807) is 29.2 Å². The lowest BCUT2D eigenvalue weighted by Gasteiger charge is -2.32. The average Bonchev–Trinajstić information content (AvgIpc) is 3.46. The number of amides is 1. The number of piperazine rings is 1. The van der Waals surface area contributed by atoms with Crippen LogP contribution in [0.1, 0.15) is 23.3 Å². The number of benzene rings is 1. The molecule has 1 aromatic heterocycles. The lowest BCUT2D eigenvalue weighted by atomic mass is 10.1. The number of carbonyl (C=O) groups excluding carboxylic acids is 1. The fourth-order valence-corrected chi connectivity index (χ4v) is 5.56. The lowest BCUT2D eigenvalue weighted by molar-refractivity contribution is 0.0658. The monoisotopic (exact) mass is 433 g/mol. The van der Waals surface area contributed by atoms with Gasteiger partial charge in [-0.2, -0.15) is 9.40 Å². The minimum Gasteiger partial charge on any atom is -0.495 e. The predicted molar refractivity (Wildman–Crippen MR) is 112 cm³/mol. The van der Waals surface area contributed by atoms with E-state index in [9.17, 15) is 13.2 Å². The number of carbonyl (C=O) groups is 1. The lowest BCUT2D eigenvalue weighted by Crippen LogP contribution is -2.47. The minimum absolute atomic E-state index is 0.0970. The first-order valence-corrected chi connectivity index (χ1v) is 11.6. The molecule has 9 nitrogen and oxygen atoms in total. The van der Waals surface area contributed by atoms with E-state index in [4.69, 9.17) is 4.74 Å². The molecule has 0 aliphatic carbocycles. The summed E-state index contributed by atoms with van der Waals surface area (Å²) in [6.45, 7) is 4.05. The van der Waals surface area contributed by atoms with Crippen LogP contribution in [0.5, 0.6) is 5.75 Å². The molecule has 3 heterocycles. The van der Waals surface area contributed by atoms with E-state index in [1.165, 1.54) is 11.4 Å². The molecule has 2 aliphatic heterocycles. The van der Waals surface area contributed by atoms with Crippen LogP contribution in [0.25, 0.3) is 11.3 Å². The summed E-state index contributed by atoms with van der Waals surface area (Å²) in [4.78, 5) is 16.9. The fraction of sp³-hybridized carbons (Fsp3) is 0.500. The second kappa shape index (κ2) is 8.37. The van der Waals surface area contributed by atoms with Crippen LogP contribution in [-0.2, 0) is 10.0 Å². The Morgan fingerprint density at radius 2 is 1.77 bits per heavy atom. The summed E-state index contributed by atoms with van der Waals surface area (Å²) in [5, 5.41) is 7.07. The van der Waals surface area contributed by atoms with E-state index in [-0.39, 0.29) is 10.8 Å². The molecule has 0 radical (unpaired) electrons. The van der Waals surface area contributed by atoms with E-state index in [0.29, 0.717) is 48.9 Å². The Balaban J connectivity index is 1.61. The number of hydrogen-bond donors (Lipinski definition) is 1. The molecule has 1 N–H and O–H groups in total. The number of likely N-dealkylation sites (N-methyl/N-ethyl adjacent to an activating group) is 1. The number of nitrogens with one attached hydrogen (secondary N) is 1. The summed E-state index contributed by atoms with van der Waals surface area (Å²) >= 11 is 0. The van der Waals surface area contributed by atoms with Crippen molar-refractivity contribution in [2.24, 2.45) is 0 Å².